The summed E-state index contributed by atoms with van der Waals surface area (Å²) in [5.41, 5.74) is 0.774. The number of aryl methyl sites for hydroxylation is 1. The highest BCUT2D eigenvalue weighted by atomic mass is 16.1. The molecule has 2 nitrogen and oxygen atoms in total. The van der Waals surface area contributed by atoms with Gasteiger partial charge in [0.15, 0.2) is 5.78 Å². The van der Waals surface area contributed by atoms with Crippen LogP contribution in [0, 0.1) is 6.85 Å². The van der Waals surface area contributed by atoms with Crippen molar-refractivity contribution in [3.05, 3.63) is 35.4 Å². The van der Waals surface area contributed by atoms with Gasteiger partial charge < -0.3 is 5.32 Å². The predicted octanol–water partition coefficient (Wildman–Crippen LogP) is 1.79. The molecule has 1 aromatic rings. The molecule has 0 aromatic heterocycles. The maximum Gasteiger partial charge on any atom is 0.179 e. The second-order valence-corrected chi connectivity index (χ2v) is 2.95. The lowest BCUT2D eigenvalue weighted by molar-refractivity contribution is 0.0955. The van der Waals surface area contributed by atoms with Gasteiger partial charge >= 0.3 is 0 Å². The summed E-state index contributed by atoms with van der Waals surface area (Å²) in [4.78, 5) is 11.7. The van der Waals surface area contributed by atoms with Crippen molar-refractivity contribution >= 4 is 5.78 Å². The number of ketones is 1. The second-order valence-electron chi connectivity index (χ2n) is 2.95. The van der Waals surface area contributed by atoms with Gasteiger partial charge in [0.1, 0.15) is 0 Å². The monoisotopic (exact) mass is 180 g/mol. The summed E-state index contributed by atoms with van der Waals surface area (Å²) in [7, 11) is 1.71. The van der Waals surface area contributed by atoms with E-state index in [9.17, 15) is 4.79 Å². The minimum absolute atomic E-state index is 0.0420. The van der Waals surface area contributed by atoms with Crippen LogP contribution in [0.15, 0.2) is 24.3 Å². The summed E-state index contributed by atoms with van der Waals surface area (Å²) >= 11 is 0. The average molecular weight is 180 g/mol. The zero-order valence-electron chi connectivity index (χ0n) is 10.8. The van der Waals surface area contributed by atoms with Crippen molar-refractivity contribution in [2.45, 2.75) is 19.8 Å². The van der Waals surface area contributed by atoms with Gasteiger partial charge in [0.2, 0.25) is 0 Å². The standard InChI is InChI=1S/C11H15NO/c1-8-4-6-10(7-5-8)11(13)9(2)12-3/h4-7,9,12H,1-3H3/i1D3. The van der Waals surface area contributed by atoms with Crippen LogP contribution in [0.25, 0.3) is 0 Å². The first kappa shape index (κ1) is 6.33. The fraction of sp³-hybridized carbons (Fsp3) is 0.364. The quantitative estimate of drug-likeness (QED) is 0.718. The van der Waals surface area contributed by atoms with Crippen molar-refractivity contribution in [1.82, 2.24) is 5.32 Å². The molecule has 0 aliphatic carbocycles. The molecule has 2 heteroatoms. The topological polar surface area (TPSA) is 29.1 Å². The molecule has 0 aliphatic rings. The van der Waals surface area contributed by atoms with Crippen LogP contribution in [0.4, 0.5) is 0 Å². The highest BCUT2D eigenvalue weighted by molar-refractivity contribution is 5.99. The Kier molecular flexibility index (Phi) is 2.04. The van der Waals surface area contributed by atoms with Gasteiger partial charge in [0, 0.05) is 9.68 Å². The van der Waals surface area contributed by atoms with Crippen molar-refractivity contribution in [2.24, 2.45) is 0 Å². The summed E-state index contributed by atoms with van der Waals surface area (Å²) in [6.07, 6.45) is 0. The smallest absolute Gasteiger partial charge is 0.179 e. The lowest BCUT2D eigenvalue weighted by atomic mass is 10.0. The molecule has 13 heavy (non-hydrogen) atoms. The largest absolute Gasteiger partial charge is 0.310 e. The third-order valence-corrected chi connectivity index (χ3v) is 2.00. The van der Waals surface area contributed by atoms with Crippen LogP contribution in [0.2, 0.25) is 0 Å². The minimum atomic E-state index is -2.11. The van der Waals surface area contributed by atoms with Gasteiger partial charge in [-0.3, -0.25) is 4.79 Å². The highest BCUT2D eigenvalue weighted by Gasteiger charge is 2.11. The van der Waals surface area contributed by atoms with E-state index in [-0.39, 0.29) is 17.4 Å². The van der Waals surface area contributed by atoms with Gasteiger partial charge in [-0.2, -0.15) is 0 Å². The Morgan fingerprint density at radius 2 is 2.08 bits per heavy atom. The molecule has 1 aromatic carbocycles. The van der Waals surface area contributed by atoms with Gasteiger partial charge in [-0.1, -0.05) is 29.8 Å². The zero-order chi connectivity index (χ0) is 12.3. The maximum atomic E-state index is 11.7. The van der Waals surface area contributed by atoms with E-state index in [1.165, 1.54) is 12.1 Å². The first-order valence-corrected chi connectivity index (χ1v) is 4.18. The Hall–Kier alpha value is -1.15. The first-order chi connectivity index (χ1) is 7.36. The fourth-order valence-corrected chi connectivity index (χ4v) is 1.02. The van der Waals surface area contributed by atoms with E-state index >= 15 is 0 Å². The minimum Gasteiger partial charge on any atom is -0.310 e. The van der Waals surface area contributed by atoms with Crippen LogP contribution < -0.4 is 5.32 Å². The summed E-state index contributed by atoms with van der Waals surface area (Å²) in [6, 6.07) is 5.79. The molecule has 0 amide bonds. The Morgan fingerprint density at radius 1 is 1.46 bits per heavy atom. The van der Waals surface area contributed by atoms with E-state index in [1.807, 2.05) is 0 Å². The number of Topliss-reactive ketones (excluding diaryl/α,β-unsaturated/α-hetero) is 1. The van der Waals surface area contributed by atoms with E-state index in [2.05, 4.69) is 5.32 Å². The van der Waals surface area contributed by atoms with E-state index in [4.69, 9.17) is 4.11 Å². The molecule has 70 valence electrons. The third kappa shape index (κ3) is 2.39. The van der Waals surface area contributed by atoms with Crippen LogP contribution in [0.5, 0.6) is 0 Å². The van der Waals surface area contributed by atoms with Crippen molar-refractivity contribution < 1.29 is 8.91 Å². The molecule has 0 spiro atoms. The van der Waals surface area contributed by atoms with Crippen LogP contribution in [0.3, 0.4) is 0 Å². The van der Waals surface area contributed by atoms with Crippen molar-refractivity contribution in [3.8, 4) is 0 Å². The highest BCUT2D eigenvalue weighted by Crippen LogP contribution is 2.05. The Morgan fingerprint density at radius 3 is 2.54 bits per heavy atom. The van der Waals surface area contributed by atoms with Crippen LogP contribution in [0.1, 0.15) is 27.0 Å². The lowest BCUT2D eigenvalue weighted by Gasteiger charge is -2.08. The number of carbonyl (C=O) groups is 1. The number of hydrogen-bond donors (Lipinski definition) is 1. The van der Waals surface area contributed by atoms with Crippen LogP contribution in [-0.4, -0.2) is 18.9 Å². The van der Waals surface area contributed by atoms with Crippen molar-refractivity contribution in [1.29, 1.82) is 0 Å². The molecule has 1 atom stereocenters. The lowest BCUT2D eigenvalue weighted by Crippen LogP contribution is -2.30. The summed E-state index contributed by atoms with van der Waals surface area (Å²) < 4.78 is 21.6. The molecule has 1 unspecified atom stereocenters. The summed E-state index contributed by atoms with van der Waals surface area (Å²) in [6.45, 7) is -0.351. The molecule has 0 saturated heterocycles. The first-order valence-electron chi connectivity index (χ1n) is 5.68. The van der Waals surface area contributed by atoms with Crippen molar-refractivity contribution in [2.75, 3.05) is 7.05 Å². The Labute approximate surface area is 83.2 Å². The number of benzene rings is 1. The molecule has 0 bridgehead atoms. The zero-order valence-corrected chi connectivity index (χ0v) is 7.79. The molecule has 0 aliphatic heterocycles. The second kappa shape index (κ2) is 4.19. The summed E-state index contributed by atoms with van der Waals surface area (Å²) in [5.74, 6) is -0.0420. The van der Waals surface area contributed by atoms with E-state index in [0.29, 0.717) is 5.56 Å². The van der Waals surface area contributed by atoms with Gasteiger partial charge in [-0.15, -0.1) is 0 Å². The maximum absolute atomic E-state index is 11.7. The average Bonchev–Trinajstić information content (AvgIpc) is 2.26. The van der Waals surface area contributed by atoms with E-state index in [0.717, 1.165) is 0 Å². The van der Waals surface area contributed by atoms with E-state index < -0.39 is 6.85 Å². The summed E-state index contributed by atoms with van der Waals surface area (Å²) in [5, 5.41) is 2.85. The van der Waals surface area contributed by atoms with E-state index in [1.54, 1.807) is 26.1 Å². The number of carbonyl (C=O) groups excluding carboxylic acids is 1. The number of likely N-dealkylation sites (N-methyl/N-ethyl adjacent to an activating group) is 1. The van der Waals surface area contributed by atoms with Crippen LogP contribution >= 0.6 is 0 Å². The molecule has 0 heterocycles. The van der Waals surface area contributed by atoms with Gasteiger partial charge in [-0.25, -0.2) is 0 Å². The predicted molar refractivity (Wildman–Crippen MR) is 54.0 cm³/mol. The molecule has 1 N–H and O–H groups in total. The van der Waals surface area contributed by atoms with Gasteiger partial charge in [0.25, 0.3) is 0 Å². The molecule has 0 fully saturated rings. The van der Waals surface area contributed by atoms with Crippen LogP contribution in [-0.2, 0) is 0 Å². The number of nitrogens with one attached hydrogen (secondary N) is 1. The Bertz CT molecular complexity index is 370. The fourth-order valence-electron chi connectivity index (χ4n) is 1.02. The molecular weight excluding hydrogens is 162 g/mol. The van der Waals surface area contributed by atoms with Gasteiger partial charge in [-0.05, 0) is 20.8 Å². The molecular formula is C11H15NO. The molecule has 1 rings (SSSR count). The molecule has 0 radical (unpaired) electrons. The van der Waals surface area contributed by atoms with Gasteiger partial charge in [0.05, 0.1) is 6.04 Å². The SMILES string of the molecule is [2H]C([2H])([2H])c1ccc(C(=O)C(C)NC)cc1. The molecule has 0 saturated carbocycles. The third-order valence-electron chi connectivity index (χ3n) is 2.00. The Balaban J connectivity index is 2.91. The number of hydrogen-bond acceptors (Lipinski definition) is 2. The number of rotatable bonds is 3. The van der Waals surface area contributed by atoms with Crippen molar-refractivity contribution in [3.63, 3.8) is 0 Å². The normalized spacial score (nSPS) is 16.9.